The van der Waals surface area contributed by atoms with E-state index < -0.39 is 9.84 Å². The third kappa shape index (κ3) is 5.55. The van der Waals surface area contributed by atoms with Gasteiger partial charge in [-0.05, 0) is 18.6 Å². The van der Waals surface area contributed by atoms with Gasteiger partial charge in [0.15, 0.2) is 20.7 Å². The van der Waals surface area contributed by atoms with Crippen molar-refractivity contribution in [2.45, 2.75) is 6.92 Å². The van der Waals surface area contributed by atoms with Crippen molar-refractivity contribution in [3.63, 3.8) is 0 Å². The van der Waals surface area contributed by atoms with Crippen molar-refractivity contribution >= 4 is 27.0 Å². The van der Waals surface area contributed by atoms with Crippen molar-refractivity contribution < 1.29 is 8.42 Å². The summed E-state index contributed by atoms with van der Waals surface area (Å²) in [5.41, 5.74) is 3.76. The van der Waals surface area contributed by atoms with Gasteiger partial charge in [0.2, 0.25) is 0 Å². The Balaban J connectivity index is 1.40. The van der Waals surface area contributed by atoms with Crippen LogP contribution in [0.25, 0.3) is 33.1 Å². The molecule has 0 spiro atoms. The smallest absolute Gasteiger partial charge is 0.161 e. The SMILES string of the molecule is Cc1nnc(-c2cnc(-c3cccc(-c4cnn(C)c4)c3)nc2NCCN2CCS(=O)(=O)CC2)s1. The molecule has 1 N–H and O–H groups in total. The molecule has 5 rings (SSSR count). The maximum Gasteiger partial charge on any atom is 0.161 e. The van der Waals surface area contributed by atoms with Crippen LogP contribution in [0, 0.1) is 6.92 Å². The molecule has 4 aromatic rings. The van der Waals surface area contributed by atoms with Crippen molar-refractivity contribution in [3.05, 3.63) is 47.9 Å². The van der Waals surface area contributed by atoms with Gasteiger partial charge in [0, 0.05) is 56.7 Å². The molecule has 1 aliphatic heterocycles. The van der Waals surface area contributed by atoms with Gasteiger partial charge in [0.25, 0.3) is 0 Å². The zero-order valence-electron chi connectivity index (χ0n) is 19.5. The summed E-state index contributed by atoms with van der Waals surface area (Å²) < 4.78 is 25.2. The maximum absolute atomic E-state index is 11.7. The second-order valence-corrected chi connectivity index (χ2v) is 12.0. The molecule has 1 saturated heterocycles. The summed E-state index contributed by atoms with van der Waals surface area (Å²) in [7, 11) is -1.000. The maximum atomic E-state index is 11.7. The number of sulfone groups is 1. The molecule has 182 valence electrons. The third-order valence-electron chi connectivity index (χ3n) is 5.86. The van der Waals surface area contributed by atoms with E-state index in [1.54, 1.807) is 10.9 Å². The number of nitrogens with zero attached hydrogens (tertiary/aromatic N) is 7. The highest BCUT2D eigenvalue weighted by molar-refractivity contribution is 7.91. The summed E-state index contributed by atoms with van der Waals surface area (Å²) >= 11 is 1.49. The Hall–Kier alpha value is -3.22. The highest BCUT2D eigenvalue weighted by atomic mass is 32.2. The molecule has 0 amide bonds. The zero-order chi connectivity index (χ0) is 24.4. The van der Waals surface area contributed by atoms with E-state index in [4.69, 9.17) is 4.98 Å². The molecule has 0 atom stereocenters. The minimum Gasteiger partial charge on any atom is -0.368 e. The fourth-order valence-corrected chi connectivity index (χ4v) is 5.91. The Bertz CT molecular complexity index is 1430. The standard InChI is InChI=1S/C23H26N8O2S2/c1-16-28-29-23(34-16)20-14-25-21(18-5-3-4-17(12-18)19-13-26-30(2)15-19)27-22(20)24-6-7-31-8-10-35(32,33)11-9-31/h3-5,12-15H,6-11H2,1-2H3,(H,24,25,27). The first-order valence-corrected chi connectivity index (χ1v) is 13.9. The molecule has 0 radical (unpaired) electrons. The first-order chi connectivity index (χ1) is 16.9. The van der Waals surface area contributed by atoms with Crippen molar-refractivity contribution in [1.29, 1.82) is 0 Å². The van der Waals surface area contributed by atoms with E-state index in [-0.39, 0.29) is 11.5 Å². The van der Waals surface area contributed by atoms with Gasteiger partial charge in [-0.15, -0.1) is 10.2 Å². The summed E-state index contributed by atoms with van der Waals surface area (Å²) in [4.78, 5) is 11.6. The Labute approximate surface area is 208 Å². The molecular weight excluding hydrogens is 484 g/mol. The normalized spacial score (nSPS) is 15.8. The van der Waals surface area contributed by atoms with Gasteiger partial charge >= 0.3 is 0 Å². The largest absolute Gasteiger partial charge is 0.368 e. The van der Waals surface area contributed by atoms with Gasteiger partial charge in [-0.3, -0.25) is 9.58 Å². The lowest BCUT2D eigenvalue weighted by Gasteiger charge is -2.26. The summed E-state index contributed by atoms with van der Waals surface area (Å²) in [6.45, 7) is 4.38. The average Bonchev–Trinajstić information content (AvgIpc) is 3.48. The molecule has 35 heavy (non-hydrogen) atoms. The molecule has 0 aliphatic carbocycles. The van der Waals surface area contributed by atoms with E-state index in [0.717, 1.165) is 38.8 Å². The second-order valence-electron chi connectivity index (χ2n) is 8.49. The van der Waals surface area contributed by atoms with E-state index in [0.29, 0.717) is 31.3 Å². The van der Waals surface area contributed by atoms with Gasteiger partial charge in [0.05, 0.1) is 23.3 Å². The van der Waals surface area contributed by atoms with Crippen LogP contribution in [0.4, 0.5) is 5.82 Å². The number of aromatic nitrogens is 6. The molecule has 1 aromatic carbocycles. The van der Waals surface area contributed by atoms with E-state index in [1.807, 2.05) is 44.6 Å². The zero-order valence-corrected chi connectivity index (χ0v) is 21.2. The van der Waals surface area contributed by atoms with E-state index in [1.165, 1.54) is 11.3 Å². The lowest BCUT2D eigenvalue weighted by atomic mass is 10.1. The summed E-state index contributed by atoms with van der Waals surface area (Å²) in [6.07, 6.45) is 5.59. The molecule has 0 bridgehead atoms. The lowest BCUT2D eigenvalue weighted by Crippen LogP contribution is -2.42. The minimum absolute atomic E-state index is 0.216. The van der Waals surface area contributed by atoms with Gasteiger partial charge in [0.1, 0.15) is 10.8 Å². The van der Waals surface area contributed by atoms with Crippen LogP contribution in [-0.2, 0) is 16.9 Å². The number of hydrogen-bond acceptors (Lipinski definition) is 10. The van der Waals surface area contributed by atoms with Gasteiger partial charge in [-0.25, -0.2) is 18.4 Å². The molecule has 10 nitrogen and oxygen atoms in total. The predicted octanol–water partition coefficient (Wildman–Crippen LogP) is 2.51. The summed E-state index contributed by atoms with van der Waals surface area (Å²) in [5.74, 6) is 1.72. The quantitative estimate of drug-likeness (QED) is 0.400. The molecule has 0 saturated carbocycles. The Morgan fingerprint density at radius 1 is 1.09 bits per heavy atom. The number of aryl methyl sites for hydroxylation is 2. The van der Waals surface area contributed by atoms with Crippen LogP contribution in [0.5, 0.6) is 0 Å². The minimum atomic E-state index is -2.89. The lowest BCUT2D eigenvalue weighted by molar-refractivity contribution is 0.307. The first kappa shape index (κ1) is 23.5. The monoisotopic (exact) mass is 510 g/mol. The highest BCUT2D eigenvalue weighted by Gasteiger charge is 2.21. The molecular formula is C23H26N8O2S2. The van der Waals surface area contributed by atoms with E-state index >= 15 is 0 Å². The van der Waals surface area contributed by atoms with Crippen molar-refractivity contribution in [1.82, 2.24) is 34.8 Å². The molecule has 12 heteroatoms. The van der Waals surface area contributed by atoms with Crippen LogP contribution in [0.2, 0.25) is 0 Å². The van der Waals surface area contributed by atoms with E-state index in [2.05, 4.69) is 36.6 Å². The van der Waals surface area contributed by atoms with Crippen LogP contribution in [0.15, 0.2) is 42.9 Å². The number of rotatable bonds is 7. The van der Waals surface area contributed by atoms with Crippen LogP contribution in [0.3, 0.4) is 0 Å². The first-order valence-electron chi connectivity index (χ1n) is 11.3. The molecule has 1 aliphatic rings. The number of benzene rings is 1. The molecule has 4 heterocycles. The van der Waals surface area contributed by atoms with Crippen LogP contribution in [0.1, 0.15) is 5.01 Å². The summed E-state index contributed by atoms with van der Waals surface area (Å²) in [6, 6.07) is 8.07. The Morgan fingerprint density at radius 2 is 1.89 bits per heavy atom. The Kier molecular flexibility index (Phi) is 6.58. The van der Waals surface area contributed by atoms with Crippen molar-refractivity contribution in [3.8, 4) is 33.1 Å². The van der Waals surface area contributed by atoms with Crippen LogP contribution >= 0.6 is 11.3 Å². The fraction of sp³-hybridized carbons (Fsp3) is 0.348. The topological polar surface area (TPSA) is 119 Å². The van der Waals surface area contributed by atoms with Gasteiger partial charge in [-0.2, -0.15) is 5.10 Å². The molecule has 0 unspecified atom stereocenters. The third-order valence-corrected chi connectivity index (χ3v) is 8.34. The number of nitrogens with one attached hydrogen (secondary N) is 1. The van der Waals surface area contributed by atoms with Gasteiger partial charge in [-0.1, -0.05) is 29.5 Å². The highest BCUT2D eigenvalue weighted by Crippen LogP contribution is 2.31. The predicted molar refractivity (Wildman–Crippen MR) is 137 cm³/mol. The van der Waals surface area contributed by atoms with E-state index in [9.17, 15) is 8.42 Å². The van der Waals surface area contributed by atoms with Crippen molar-refractivity contribution in [2.75, 3.05) is 43.0 Å². The van der Waals surface area contributed by atoms with Gasteiger partial charge < -0.3 is 5.32 Å². The summed E-state index contributed by atoms with van der Waals surface area (Å²) in [5, 5.41) is 17.7. The van der Waals surface area contributed by atoms with Crippen LogP contribution < -0.4 is 5.32 Å². The average molecular weight is 511 g/mol. The molecule has 1 fully saturated rings. The number of hydrogen-bond donors (Lipinski definition) is 1. The Morgan fingerprint density at radius 3 is 2.60 bits per heavy atom. The second kappa shape index (κ2) is 9.80. The fourth-order valence-electron chi connectivity index (χ4n) is 3.93. The molecule has 3 aromatic heterocycles. The van der Waals surface area contributed by atoms with Crippen molar-refractivity contribution in [2.24, 2.45) is 7.05 Å². The number of anilines is 1. The van der Waals surface area contributed by atoms with Crippen LogP contribution in [-0.4, -0.2) is 80.9 Å².